The number of carbonyl (C=O) groups is 1. The van der Waals surface area contributed by atoms with Gasteiger partial charge in [-0.2, -0.15) is 0 Å². The Morgan fingerprint density at radius 2 is 1.64 bits per heavy atom. The number of benzene rings is 2. The third-order valence-electron chi connectivity index (χ3n) is 4.75. The molecule has 0 radical (unpaired) electrons. The molecule has 0 aromatic heterocycles. The maximum absolute atomic E-state index is 13.4. The second-order valence-corrected chi connectivity index (χ2v) is 6.97. The average Bonchev–Trinajstić information content (AvgIpc) is 3.07. The van der Waals surface area contributed by atoms with Gasteiger partial charge in [0.25, 0.3) is 0 Å². The van der Waals surface area contributed by atoms with Gasteiger partial charge >= 0.3 is 0 Å². The lowest BCUT2D eigenvalue weighted by atomic mass is 9.95. The second-order valence-electron chi connectivity index (χ2n) is 6.97. The van der Waals surface area contributed by atoms with E-state index in [1.54, 1.807) is 0 Å². The molecule has 0 spiro atoms. The van der Waals surface area contributed by atoms with Crippen LogP contribution in [0.3, 0.4) is 0 Å². The standard InChI is InChI=1S/C21H25FN2O/c1-14(2)15-8-10-17(11-9-15)20(16-6-4-3-5-7-16)24-21(25)19-12-18(22)13-23-19/h3-11,14,18-20,23H,12-13H2,1-2H3,(H,24,25). The van der Waals surface area contributed by atoms with Crippen molar-refractivity contribution in [2.45, 2.75) is 44.4 Å². The molecule has 0 aliphatic carbocycles. The van der Waals surface area contributed by atoms with Crippen LogP contribution in [0, 0.1) is 0 Å². The van der Waals surface area contributed by atoms with E-state index < -0.39 is 12.2 Å². The fourth-order valence-corrected chi connectivity index (χ4v) is 3.21. The summed E-state index contributed by atoms with van der Waals surface area (Å²) in [5.74, 6) is 0.310. The van der Waals surface area contributed by atoms with E-state index in [1.807, 2.05) is 30.3 Å². The number of nitrogens with one attached hydrogen (secondary N) is 2. The first-order valence-corrected chi connectivity index (χ1v) is 8.87. The third kappa shape index (κ3) is 4.26. The molecule has 0 bridgehead atoms. The molecule has 1 fully saturated rings. The summed E-state index contributed by atoms with van der Waals surface area (Å²) in [5.41, 5.74) is 3.31. The molecule has 2 aromatic rings. The Bertz CT molecular complexity index is 700. The van der Waals surface area contributed by atoms with Crippen LogP contribution in [0.1, 0.15) is 48.9 Å². The summed E-state index contributed by atoms with van der Waals surface area (Å²) in [6.07, 6.45) is -0.712. The molecule has 1 saturated heterocycles. The second kappa shape index (κ2) is 7.79. The van der Waals surface area contributed by atoms with E-state index >= 15 is 0 Å². The van der Waals surface area contributed by atoms with Crippen molar-refractivity contribution in [3.05, 3.63) is 71.3 Å². The molecule has 1 heterocycles. The molecule has 1 aliphatic heterocycles. The fourth-order valence-electron chi connectivity index (χ4n) is 3.21. The molecule has 3 unspecified atom stereocenters. The van der Waals surface area contributed by atoms with E-state index in [4.69, 9.17) is 0 Å². The summed E-state index contributed by atoms with van der Waals surface area (Å²) in [7, 11) is 0. The predicted octanol–water partition coefficient (Wildman–Crippen LogP) is 3.72. The van der Waals surface area contributed by atoms with Crippen molar-refractivity contribution < 1.29 is 9.18 Å². The molecular weight excluding hydrogens is 315 g/mol. The summed E-state index contributed by atoms with van der Waals surface area (Å²) in [6, 6.07) is 17.5. The van der Waals surface area contributed by atoms with Gasteiger partial charge < -0.3 is 10.6 Å². The van der Waals surface area contributed by atoms with Crippen LogP contribution in [0.5, 0.6) is 0 Å². The van der Waals surface area contributed by atoms with E-state index in [0.717, 1.165) is 11.1 Å². The van der Waals surface area contributed by atoms with Crippen LogP contribution in [0.2, 0.25) is 0 Å². The quantitative estimate of drug-likeness (QED) is 0.871. The first-order valence-electron chi connectivity index (χ1n) is 8.87. The SMILES string of the molecule is CC(C)c1ccc(C(NC(=O)C2CC(F)CN2)c2ccccc2)cc1. The zero-order valence-electron chi connectivity index (χ0n) is 14.7. The van der Waals surface area contributed by atoms with Crippen molar-refractivity contribution in [3.63, 3.8) is 0 Å². The van der Waals surface area contributed by atoms with Crippen molar-refractivity contribution in [1.29, 1.82) is 0 Å². The lowest BCUT2D eigenvalue weighted by Crippen LogP contribution is -2.42. The summed E-state index contributed by atoms with van der Waals surface area (Å²) in [4.78, 5) is 12.6. The molecule has 25 heavy (non-hydrogen) atoms. The number of alkyl halides is 1. The number of halogens is 1. The maximum Gasteiger partial charge on any atom is 0.237 e. The number of rotatable bonds is 5. The Labute approximate surface area is 148 Å². The highest BCUT2D eigenvalue weighted by molar-refractivity contribution is 5.83. The van der Waals surface area contributed by atoms with Crippen molar-refractivity contribution in [3.8, 4) is 0 Å². The Kier molecular flexibility index (Phi) is 5.49. The first-order chi connectivity index (χ1) is 12.0. The molecule has 2 N–H and O–H groups in total. The van der Waals surface area contributed by atoms with E-state index in [-0.39, 0.29) is 24.9 Å². The van der Waals surface area contributed by atoms with Gasteiger partial charge in [0.2, 0.25) is 5.91 Å². The topological polar surface area (TPSA) is 41.1 Å². The first kappa shape index (κ1) is 17.6. The molecule has 1 amide bonds. The lowest BCUT2D eigenvalue weighted by Gasteiger charge is -2.22. The minimum absolute atomic E-state index is 0.151. The highest BCUT2D eigenvalue weighted by Crippen LogP contribution is 2.25. The molecular formula is C21H25FN2O. The number of hydrogen-bond donors (Lipinski definition) is 2. The van der Waals surface area contributed by atoms with Gasteiger partial charge in [-0.05, 0) is 22.6 Å². The van der Waals surface area contributed by atoms with Crippen LogP contribution in [-0.2, 0) is 4.79 Å². The van der Waals surface area contributed by atoms with Crippen molar-refractivity contribution in [1.82, 2.24) is 10.6 Å². The number of hydrogen-bond acceptors (Lipinski definition) is 2. The molecule has 3 atom stereocenters. The van der Waals surface area contributed by atoms with E-state index in [1.165, 1.54) is 5.56 Å². The molecule has 132 valence electrons. The van der Waals surface area contributed by atoms with Crippen LogP contribution in [0.15, 0.2) is 54.6 Å². The minimum atomic E-state index is -0.948. The van der Waals surface area contributed by atoms with Gasteiger partial charge in [0.05, 0.1) is 12.1 Å². The molecule has 3 nitrogen and oxygen atoms in total. The Balaban J connectivity index is 1.84. The van der Waals surface area contributed by atoms with Crippen LogP contribution in [0.4, 0.5) is 4.39 Å². The van der Waals surface area contributed by atoms with Gasteiger partial charge in [-0.15, -0.1) is 0 Å². The zero-order chi connectivity index (χ0) is 17.8. The summed E-state index contributed by atoms with van der Waals surface area (Å²) in [6.45, 7) is 4.56. The third-order valence-corrected chi connectivity index (χ3v) is 4.75. The van der Waals surface area contributed by atoms with Crippen LogP contribution >= 0.6 is 0 Å². The van der Waals surface area contributed by atoms with E-state index in [9.17, 15) is 9.18 Å². The van der Waals surface area contributed by atoms with Crippen LogP contribution in [-0.4, -0.2) is 24.7 Å². The predicted molar refractivity (Wildman–Crippen MR) is 98.3 cm³/mol. The van der Waals surface area contributed by atoms with E-state index in [0.29, 0.717) is 5.92 Å². The van der Waals surface area contributed by atoms with Gasteiger partial charge in [0.15, 0.2) is 0 Å². The maximum atomic E-state index is 13.4. The number of carbonyl (C=O) groups excluding carboxylic acids is 1. The molecule has 2 aromatic carbocycles. The van der Waals surface area contributed by atoms with Crippen LogP contribution < -0.4 is 10.6 Å². The summed E-state index contributed by atoms with van der Waals surface area (Å²) in [5, 5.41) is 6.04. The van der Waals surface area contributed by atoms with Crippen molar-refractivity contribution in [2.75, 3.05) is 6.54 Å². The molecule has 3 rings (SSSR count). The van der Waals surface area contributed by atoms with Crippen LogP contribution in [0.25, 0.3) is 0 Å². The Hall–Kier alpha value is -2.20. The van der Waals surface area contributed by atoms with Crippen molar-refractivity contribution in [2.24, 2.45) is 0 Å². The van der Waals surface area contributed by atoms with E-state index in [2.05, 4.69) is 48.7 Å². The van der Waals surface area contributed by atoms with Gasteiger partial charge in [-0.3, -0.25) is 4.79 Å². The highest BCUT2D eigenvalue weighted by Gasteiger charge is 2.30. The zero-order valence-corrected chi connectivity index (χ0v) is 14.7. The average molecular weight is 340 g/mol. The number of amides is 1. The Morgan fingerprint density at radius 1 is 1.04 bits per heavy atom. The lowest BCUT2D eigenvalue weighted by molar-refractivity contribution is -0.123. The Morgan fingerprint density at radius 3 is 2.20 bits per heavy atom. The van der Waals surface area contributed by atoms with Gasteiger partial charge in [-0.1, -0.05) is 68.4 Å². The highest BCUT2D eigenvalue weighted by atomic mass is 19.1. The summed E-state index contributed by atoms with van der Waals surface area (Å²) >= 11 is 0. The molecule has 1 aliphatic rings. The minimum Gasteiger partial charge on any atom is -0.344 e. The molecule has 0 saturated carbocycles. The molecule has 4 heteroatoms. The smallest absolute Gasteiger partial charge is 0.237 e. The monoisotopic (exact) mass is 340 g/mol. The summed E-state index contributed by atoms with van der Waals surface area (Å²) < 4.78 is 13.4. The van der Waals surface area contributed by atoms with Gasteiger partial charge in [-0.25, -0.2) is 4.39 Å². The van der Waals surface area contributed by atoms with Gasteiger partial charge in [0, 0.05) is 13.0 Å². The van der Waals surface area contributed by atoms with Gasteiger partial charge in [0.1, 0.15) is 6.17 Å². The van der Waals surface area contributed by atoms with Crippen molar-refractivity contribution >= 4 is 5.91 Å². The normalized spacial score (nSPS) is 21.3. The fraction of sp³-hybridized carbons (Fsp3) is 0.381. The largest absolute Gasteiger partial charge is 0.344 e.